The van der Waals surface area contributed by atoms with Gasteiger partial charge in [-0.3, -0.25) is 0 Å². The minimum absolute atomic E-state index is 0.0154. The van der Waals surface area contributed by atoms with Gasteiger partial charge in [-0.2, -0.15) is 0 Å². The van der Waals surface area contributed by atoms with E-state index in [-0.39, 0.29) is 12.6 Å². The Morgan fingerprint density at radius 1 is 1.42 bits per heavy atom. The largest absolute Gasteiger partial charge is 0.375 e. The summed E-state index contributed by atoms with van der Waals surface area (Å²) in [6.45, 7) is -0.314. The summed E-state index contributed by atoms with van der Waals surface area (Å²) in [4.78, 5) is 8.72. The predicted octanol–water partition coefficient (Wildman–Crippen LogP) is 2.03. The van der Waals surface area contributed by atoms with E-state index in [9.17, 15) is 8.78 Å². The van der Waals surface area contributed by atoms with Crippen molar-refractivity contribution >= 4 is 0 Å². The summed E-state index contributed by atoms with van der Waals surface area (Å²) >= 11 is 0. The fourth-order valence-corrected chi connectivity index (χ4v) is 2.25. The van der Waals surface area contributed by atoms with Gasteiger partial charge in [-0.15, -0.1) is 0 Å². The maximum Gasteiger partial charge on any atom is 0.261 e. The Hall–Kier alpha value is -1.14. The van der Waals surface area contributed by atoms with Crippen LogP contribution in [0.2, 0.25) is 0 Å². The van der Waals surface area contributed by atoms with E-state index < -0.39 is 13.0 Å². The molecule has 1 aromatic heterocycles. The van der Waals surface area contributed by atoms with Gasteiger partial charge in [-0.05, 0) is 19.3 Å². The Morgan fingerprint density at radius 3 is 3.05 bits per heavy atom. The molecule has 1 atom stereocenters. The van der Waals surface area contributed by atoms with Gasteiger partial charge in [0.05, 0.1) is 6.61 Å². The number of rotatable bonds is 5. The summed E-state index contributed by atoms with van der Waals surface area (Å²) in [5.41, 5.74) is 8.09. The number of hydrogen-bond acceptors (Lipinski definition) is 4. The molecule has 2 N–H and O–H groups in total. The molecule has 0 radical (unpaired) electrons. The summed E-state index contributed by atoms with van der Waals surface area (Å²) < 4.78 is 28.6. The van der Waals surface area contributed by atoms with Crippen molar-refractivity contribution in [3.63, 3.8) is 0 Å². The molecule has 0 aliphatic heterocycles. The van der Waals surface area contributed by atoms with E-state index in [0.717, 1.165) is 36.9 Å². The third kappa shape index (κ3) is 4.18. The lowest BCUT2D eigenvalue weighted by Gasteiger charge is -2.12. The highest BCUT2D eigenvalue weighted by molar-refractivity contribution is 5.22. The first-order valence-electron chi connectivity index (χ1n) is 6.63. The number of halogens is 2. The van der Waals surface area contributed by atoms with E-state index >= 15 is 0 Å². The Morgan fingerprint density at radius 2 is 2.26 bits per heavy atom. The lowest BCUT2D eigenvalue weighted by atomic mass is 10.1. The maximum absolute atomic E-state index is 11.9. The highest BCUT2D eigenvalue weighted by atomic mass is 19.3. The fourth-order valence-electron chi connectivity index (χ4n) is 2.25. The van der Waals surface area contributed by atoms with Crippen LogP contribution in [-0.2, 0) is 17.6 Å². The molecule has 0 saturated heterocycles. The minimum atomic E-state index is -2.43. The molecule has 2 rings (SSSR count). The highest BCUT2D eigenvalue weighted by Crippen LogP contribution is 2.24. The monoisotopic (exact) mass is 271 g/mol. The number of aromatic nitrogens is 2. The first-order chi connectivity index (χ1) is 9.16. The number of nitrogens with zero attached hydrogens (tertiary/aromatic N) is 2. The van der Waals surface area contributed by atoms with Crippen molar-refractivity contribution < 1.29 is 13.5 Å². The Balaban J connectivity index is 1.94. The number of alkyl halides is 2. The van der Waals surface area contributed by atoms with E-state index in [4.69, 9.17) is 10.5 Å². The zero-order valence-corrected chi connectivity index (χ0v) is 10.8. The molecule has 1 heterocycles. The Kier molecular flexibility index (Phi) is 5.15. The number of ether oxygens (including phenoxy) is 1. The van der Waals surface area contributed by atoms with Crippen LogP contribution in [0.5, 0.6) is 0 Å². The summed E-state index contributed by atoms with van der Waals surface area (Å²) in [6, 6.07) is 0.0154. The van der Waals surface area contributed by atoms with E-state index in [1.54, 1.807) is 6.20 Å². The van der Waals surface area contributed by atoms with E-state index in [1.165, 1.54) is 0 Å². The molecule has 0 fully saturated rings. The molecule has 1 unspecified atom stereocenters. The molecule has 0 bridgehead atoms. The molecule has 19 heavy (non-hydrogen) atoms. The number of hydrogen-bond donors (Lipinski definition) is 1. The average Bonchev–Trinajstić information content (AvgIpc) is 2.56. The Bertz CT molecular complexity index is 415. The quantitative estimate of drug-likeness (QED) is 0.657. The Labute approximate surface area is 111 Å². The topological polar surface area (TPSA) is 61.0 Å². The van der Waals surface area contributed by atoms with Crippen molar-refractivity contribution in [1.29, 1.82) is 0 Å². The SMILES string of the molecule is NC1CCCCc2nc(CCOCC(F)F)ncc21. The second-order valence-electron chi connectivity index (χ2n) is 4.76. The van der Waals surface area contributed by atoms with Gasteiger partial charge in [0, 0.05) is 29.9 Å². The normalized spacial score (nSPS) is 19.3. The summed E-state index contributed by atoms with van der Waals surface area (Å²) in [6.07, 6.45) is 3.87. The van der Waals surface area contributed by atoms with Crippen molar-refractivity contribution in [2.45, 2.75) is 44.6 Å². The van der Waals surface area contributed by atoms with Gasteiger partial charge in [0.15, 0.2) is 0 Å². The van der Waals surface area contributed by atoms with Crippen molar-refractivity contribution in [2.24, 2.45) is 5.73 Å². The average molecular weight is 271 g/mol. The second kappa shape index (κ2) is 6.86. The third-order valence-corrected chi connectivity index (χ3v) is 3.24. The summed E-state index contributed by atoms with van der Waals surface area (Å²) in [5.74, 6) is 0.641. The van der Waals surface area contributed by atoms with E-state index in [1.807, 2.05) is 0 Å². The van der Waals surface area contributed by atoms with Crippen LogP contribution in [0.1, 0.15) is 42.4 Å². The van der Waals surface area contributed by atoms with Gasteiger partial charge in [-0.25, -0.2) is 18.7 Å². The second-order valence-corrected chi connectivity index (χ2v) is 4.76. The number of fused-ring (bicyclic) bond motifs is 1. The van der Waals surface area contributed by atoms with Crippen LogP contribution in [0.4, 0.5) is 8.78 Å². The van der Waals surface area contributed by atoms with Gasteiger partial charge < -0.3 is 10.5 Å². The lowest BCUT2D eigenvalue weighted by Crippen LogP contribution is -2.14. The first kappa shape index (κ1) is 14.3. The molecular formula is C13H19F2N3O. The minimum Gasteiger partial charge on any atom is -0.375 e. The zero-order valence-electron chi connectivity index (χ0n) is 10.8. The van der Waals surface area contributed by atoms with Crippen molar-refractivity contribution in [3.8, 4) is 0 Å². The molecule has 0 spiro atoms. The van der Waals surface area contributed by atoms with Crippen LogP contribution < -0.4 is 5.73 Å². The van der Waals surface area contributed by atoms with E-state index in [2.05, 4.69) is 9.97 Å². The summed E-state index contributed by atoms with van der Waals surface area (Å²) in [7, 11) is 0. The zero-order chi connectivity index (χ0) is 13.7. The predicted molar refractivity (Wildman–Crippen MR) is 67.0 cm³/mol. The van der Waals surface area contributed by atoms with Gasteiger partial charge in [0.2, 0.25) is 0 Å². The summed E-state index contributed by atoms with van der Waals surface area (Å²) in [5, 5.41) is 0. The molecule has 0 aromatic carbocycles. The van der Waals surface area contributed by atoms with Crippen molar-refractivity contribution in [1.82, 2.24) is 9.97 Å². The first-order valence-corrected chi connectivity index (χ1v) is 6.63. The highest BCUT2D eigenvalue weighted by Gasteiger charge is 2.17. The molecule has 1 aliphatic rings. The van der Waals surface area contributed by atoms with Crippen LogP contribution in [0.15, 0.2) is 6.20 Å². The van der Waals surface area contributed by atoms with Crippen LogP contribution in [0.25, 0.3) is 0 Å². The molecular weight excluding hydrogens is 252 g/mol. The lowest BCUT2D eigenvalue weighted by molar-refractivity contribution is 0.0182. The smallest absolute Gasteiger partial charge is 0.261 e. The van der Waals surface area contributed by atoms with Crippen LogP contribution in [-0.4, -0.2) is 29.6 Å². The standard InChI is InChI=1S/C13H19F2N3O/c14-12(15)8-19-6-5-13-17-7-9-10(16)3-1-2-4-11(9)18-13/h7,10,12H,1-6,8,16H2. The molecule has 0 amide bonds. The molecule has 4 nitrogen and oxygen atoms in total. The van der Waals surface area contributed by atoms with Gasteiger partial charge in [0.1, 0.15) is 12.4 Å². The van der Waals surface area contributed by atoms with Crippen molar-refractivity contribution in [2.75, 3.05) is 13.2 Å². The molecule has 6 heteroatoms. The van der Waals surface area contributed by atoms with Gasteiger partial charge in [-0.1, -0.05) is 6.42 Å². The van der Waals surface area contributed by atoms with Crippen molar-refractivity contribution in [3.05, 3.63) is 23.3 Å². The van der Waals surface area contributed by atoms with Crippen LogP contribution in [0.3, 0.4) is 0 Å². The molecule has 0 saturated carbocycles. The maximum atomic E-state index is 11.9. The number of aryl methyl sites for hydroxylation is 1. The molecule has 1 aromatic rings. The van der Waals surface area contributed by atoms with Crippen LogP contribution in [0, 0.1) is 0 Å². The third-order valence-electron chi connectivity index (χ3n) is 3.24. The van der Waals surface area contributed by atoms with E-state index in [0.29, 0.717) is 12.2 Å². The molecule has 1 aliphatic carbocycles. The van der Waals surface area contributed by atoms with Crippen LogP contribution >= 0.6 is 0 Å². The fraction of sp³-hybridized carbons (Fsp3) is 0.692. The number of nitrogens with two attached hydrogens (primary N) is 1. The van der Waals surface area contributed by atoms with Gasteiger partial charge in [0.25, 0.3) is 6.43 Å². The van der Waals surface area contributed by atoms with Gasteiger partial charge >= 0.3 is 0 Å². The molecule has 106 valence electrons.